The molecule has 0 saturated carbocycles. The zero-order valence-electron chi connectivity index (χ0n) is 17.5. The van der Waals surface area contributed by atoms with Crippen LogP contribution in [0.15, 0.2) is 42.5 Å². The van der Waals surface area contributed by atoms with Crippen molar-refractivity contribution in [1.29, 1.82) is 0 Å². The third-order valence-corrected chi connectivity index (χ3v) is 5.49. The molecule has 7 heteroatoms. The minimum absolute atomic E-state index is 0.0384. The molecule has 2 aromatic rings. The van der Waals surface area contributed by atoms with Crippen molar-refractivity contribution >= 4 is 17.5 Å². The molecular formula is C23H29FN4O2. The van der Waals surface area contributed by atoms with Crippen molar-refractivity contribution in [2.24, 2.45) is 0 Å². The van der Waals surface area contributed by atoms with Crippen molar-refractivity contribution in [3.8, 4) is 0 Å². The fourth-order valence-electron chi connectivity index (χ4n) is 3.43. The SMILES string of the molecule is CCC(C)NC(=O)c1cccc(CN2CCN(C(=O)c3ccc(N)c(F)c3)CC2)c1. The highest BCUT2D eigenvalue weighted by Crippen LogP contribution is 2.16. The Morgan fingerprint density at radius 3 is 2.50 bits per heavy atom. The molecule has 0 bridgehead atoms. The number of nitrogens with two attached hydrogens (primary N) is 1. The summed E-state index contributed by atoms with van der Waals surface area (Å²) in [7, 11) is 0. The number of hydrogen-bond acceptors (Lipinski definition) is 4. The summed E-state index contributed by atoms with van der Waals surface area (Å²) in [6.07, 6.45) is 0.886. The Balaban J connectivity index is 1.55. The average Bonchev–Trinajstić information content (AvgIpc) is 2.75. The summed E-state index contributed by atoms with van der Waals surface area (Å²) >= 11 is 0. The smallest absolute Gasteiger partial charge is 0.254 e. The van der Waals surface area contributed by atoms with E-state index in [1.54, 1.807) is 11.0 Å². The lowest BCUT2D eigenvalue weighted by Crippen LogP contribution is -2.48. The van der Waals surface area contributed by atoms with Gasteiger partial charge in [-0.25, -0.2) is 4.39 Å². The highest BCUT2D eigenvalue weighted by atomic mass is 19.1. The molecule has 1 saturated heterocycles. The van der Waals surface area contributed by atoms with Crippen LogP contribution in [0.2, 0.25) is 0 Å². The normalized spacial score (nSPS) is 15.6. The predicted octanol–water partition coefficient (Wildman–Crippen LogP) is 2.89. The van der Waals surface area contributed by atoms with Crippen LogP contribution in [0.1, 0.15) is 46.5 Å². The number of carbonyl (C=O) groups is 2. The van der Waals surface area contributed by atoms with E-state index in [4.69, 9.17) is 5.73 Å². The molecule has 0 radical (unpaired) electrons. The molecule has 1 atom stereocenters. The molecule has 1 aliphatic rings. The first-order valence-corrected chi connectivity index (χ1v) is 10.3. The number of benzene rings is 2. The second-order valence-corrected chi connectivity index (χ2v) is 7.79. The lowest BCUT2D eigenvalue weighted by Gasteiger charge is -2.35. The van der Waals surface area contributed by atoms with Gasteiger partial charge in [0.15, 0.2) is 0 Å². The van der Waals surface area contributed by atoms with Crippen LogP contribution in [0.3, 0.4) is 0 Å². The van der Waals surface area contributed by atoms with Crippen LogP contribution in [0, 0.1) is 5.82 Å². The maximum absolute atomic E-state index is 13.7. The van der Waals surface area contributed by atoms with Crippen LogP contribution >= 0.6 is 0 Å². The van der Waals surface area contributed by atoms with Gasteiger partial charge < -0.3 is 16.0 Å². The Morgan fingerprint density at radius 1 is 1.10 bits per heavy atom. The third kappa shape index (κ3) is 5.36. The molecular weight excluding hydrogens is 383 g/mol. The number of nitrogens with one attached hydrogen (secondary N) is 1. The van der Waals surface area contributed by atoms with E-state index >= 15 is 0 Å². The first-order chi connectivity index (χ1) is 14.4. The minimum Gasteiger partial charge on any atom is -0.396 e. The molecule has 2 amide bonds. The molecule has 1 unspecified atom stereocenters. The van der Waals surface area contributed by atoms with Crippen molar-refractivity contribution in [1.82, 2.24) is 15.1 Å². The Morgan fingerprint density at radius 2 is 1.83 bits per heavy atom. The zero-order chi connectivity index (χ0) is 21.7. The monoisotopic (exact) mass is 412 g/mol. The van der Waals surface area contributed by atoms with Crippen molar-refractivity contribution in [2.75, 3.05) is 31.9 Å². The van der Waals surface area contributed by atoms with Crippen LogP contribution in [-0.4, -0.2) is 53.8 Å². The van der Waals surface area contributed by atoms with Crippen LogP contribution in [0.4, 0.5) is 10.1 Å². The fourth-order valence-corrected chi connectivity index (χ4v) is 3.43. The van der Waals surface area contributed by atoms with Gasteiger partial charge in [0.05, 0.1) is 5.69 Å². The van der Waals surface area contributed by atoms with Gasteiger partial charge in [-0.3, -0.25) is 14.5 Å². The summed E-state index contributed by atoms with van der Waals surface area (Å²) < 4.78 is 13.7. The maximum Gasteiger partial charge on any atom is 0.254 e. The maximum atomic E-state index is 13.7. The van der Waals surface area contributed by atoms with Crippen molar-refractivity contribution < 1.29 is 14.0 Å². The molecule has 3 N–H and O–H groups in total. The van der Waals surface area contributed by atoms with Gasteiger partial charge in [0, 0.05) is 49.9 Å². The second-order valence-electron chi connectivity index (χ2n) is 7.79. The van der Waals surface area contributed by atoms with Crippen LogP contribution in [0.5, 0.6) is 0 Å². The number of nitrogen functional groups attached to an aromatic ring is 1. The molecule has 6 nitrogen and oxygen atoms in total. The quantitative estimate of drug-likeness (QED) is 0.715. The number of halogens is 1. The molecule has 0 spiro atoms. The van der Waals surface area contributed by atoms with Gasteiger partial charge >= 0.3 is 0 Å². The van der Waals surface area contributed by atoms with E-state index in [9.17, 15) is 14.0 Å². The molecule has 30 heavy (non-hydrogen) atoms. The van der Waals surface area contributed by atoms with Crippen molar-refractivity contribution in [3.63, 3.8) is 0 Å². The molecule has 3 rings (SSSR count). The molecule has 1 fully saturated rings. The largest absolute Gasteiger partial charge is 0.396 e. The highest BCUT2D eigenvalue weighted by molar-refractivity contribution is 5.95. The third-order valence-electron chi connectivity index (χ3n) is 5.49. The van der Waals surface area contributed by atoms with Crippen LogP contribution < -0.4 is 11.1 Å². The van der Waals surface area contributed by atoms with Crippen LogP contribution in [-0.2, 0) is 6.54 Å². The second kappa shape index (κ2) is 9.71. The summed E-state index contributed by atoms with van der Waals surface area (Å²) in [4.78, 5) is 29.0. The van der Waals surface area contributed by atoms with E-state index in [2.05, 4.69) is 10.2 Å². The van der Waals surface area contributed by atoms with Crippen molar-refractivity contribution in [3.05, 3.63) is 65.0 Å². The molecule has 2 aromatic carbocycles. The zero-order valence-corrected chi connectivity index (χ0v) is 17.5. The number of anilines is 1. The van der Waals surface area contributed by atoms with Gasteiger partial charge in [-0.2, -0.15) is 0 Å². The molecule has 0 aromatic heterocycles. The molecule has 0 aliphatic carbocycles. The summed E-state index contributed by atoms with van der Waals surface area (Å²) in [6.45, 7) is 7.30. The van der Waals surface area contributed by atoms with Gasteiger partial charge in [0.25, 0.3) is 11.8 Å². The van der Waals surface area contributed by atoms with E-state index in [0.29, 0.717) is 43.9 Å². The minimum atomic E-state index is -0.572. The first kappa shape index (κ1) is 21.8. The number of piperazine rings is 1. The van der Waals surface area contributed by atoms with Gasteiger partial charge in [0.2, 0.25) is 0 Å². The Bertz CT molecular complexity index is 910. The summed E-state index contributed by atoms with van der Waals surface area (Å²) in [5, 5.41) is 2.99. The Hall–Kier alpha value is -2.93. The number of rotatable bonds is 6. The Labute approximate surface area is 176 Å². The summed E-state index contributed by atoms with van der Waals surface area (Å²) in [6, 6.07) is 12.0. The standard InChI is InChI=1S/C23H29FN4O2/c1-3-16(2)26-22(29)18-6-4-5-17(13-18)15-27-9-11-28(12-10-27)23(30)19-7-8-21(25)20(24)14-19/h4-8,13-14,16H,3,9-12,15,25H2,1-2H3,(H,26,29). The summed E-state index contributed by atoms with van der Waals surface area (Å²) in [5.41, 5.74) is 7.56. The first-order valence-electron chi connectivity index (χ1n) is 10.3. The van der Waals surface area contributed by atoms with Crippen molar-refractivity contribution in [2.45, 2.75) is 32.9 Å². The lowest BCUT2D eigenvalue weighted by molar-refractivity contribution is 0.0627. The fraction of sp³-hybridized carbons (Fsp3) is 0.391. The molecule has 1 aliphatic heterocycles. The average molecular weight is 413 g/mol. The highest BCUT2D eigenvalue weighted by Gasteiger charge is 2.23. The predicted molar refractivity (Wildman–Crippen MR) is 116 cm³/mol. The van der Waals surface area contributed by atoms with Gasteiger partial charge in [-0.15, -0.1) is 0 Å². The molecule has 1 heterocycles. The van der Waals surface area contributed by atoms with E-state index < -0.39 is 5.82 Å². The number of hydrogen-bond donors (Lipinski definition) is 2. The van der Waals surface area contributed by atoms with Gasteiger partial charge in [-0.1, -0.05) is 19.1 Å². The number of carbonyl (C=O) groups excluding carboxylic acids is 2. The lowest BCUT2D eigenvalue weighted by atomic mass is 10.1. The van der Waals surface area contributed by atoms with Gasteiger partial charge in [0.1, 0.15) is 5.82 Å². The van der Waals surface area contributed by atoms with E-state index in [0.717, 1.165) is 12.0 Å². The van der Waals surface area contributed by atoms with Crippen LogP contribution in [0.25, 0.3) is 0 Å². The van der Waals surface area contributed by atoms with E-state index in [1.807, 2.05) is 38.1 Å². The van der Waals surface area contributed by atoms with Gasteiger partial charge in [-0.05, 0) is 49.2 Å². The Kier molecular flexibility index (Phi) is 7.05. The topological polar surface area (TPSA) is 78.7 Å². The number of nitrogens with zero attached hydrogens (tertiary/aromatic N) is 2. The van der Waals surface area contributed by atoms with E-state index in [-0.39, 0.29) is 23.5 Å². The van der Waals surface area contributed by atoms with E-state index in [1.165, 1.54) is 12.1 Å². The molecule has 160 valence electrons. The number of amides is 2. The summed E-state index contributed by atoms with van der Waals surface area (Å²) in [5.74, 6) is -0.814.